The van der Waals surface area contributed by atoms with Gasteiger partial charge in [0, 0.05) is 24.8 Å². The number of anilines is 1. The van der Waals surface area contributed by atoms with Crippen LogP contribution in [0.5, 0.6) is 0 Å². The van der Waals surface area contributed by atoms with Gasteiger partial charge in [-0.05, 0) is 23.8 Å². The molecule has 0 saturated heterocycles. The fourth-order valence-electron chi connectivity index (χ4n) is 1.87. The molecule has 1 heterocycles. The molecule has 0 saturated carbocycles. The SMILES string of the molecule is C=CCN1CC(N)c2cc(F)ccc21. The van der Waals surface area contributed by atoms with Crippen molar-refractivity contribution in [3.63, 3.8) is 0 Å². The molecule has 0 spiro atoms. The van der Waals surface area contributed by atoms with Crippen molar-refractivity contribution in [3.05, 3.63) is 42.2 Å². The van der Waals surface area contributed by atoms with Crippen LogP contribution in [0.15, 0.2) is 30.9 Å². The Labute approximate surface area is 82.8 Å². The van der Waals surface area contributed by atoms with Gasteiger partial charge in [0.2, 0.25) is 0 Å². The van der Waals surface area contributed by atoms with Crippen LogP contribution >= 0.6 is 0 Å². The monoisotopic (exact) mass is 192 g/mol. The first-order valence-electron chi connectivity index (χ1n) is 4.63. The highest BCUT2D eigenvalue weighted by molar-refractivity contribution is 5.60. The molecule has 0 radical (unpaired) electrons. The third kappa shape index (κ3) is 1.40. The zero-order valence-corrected chi connectivity index (χ0v) is 7.91. The number of rotatable bonds is 2. The van der Waals surface area contributed by atoms with E-state index >= 15 is 0 Å². The Balaban J connectivity index is 2.39. The van der Waals surface area contributed by atoms with Crippen LogP contribution in [-0.2, 0) is 0 Å². The number of hydrogen-bond donors (Lipinski definition) is 1. The van der Waals surface area contributed by atoms with Gasteiger partial charge in [0.1, 0.15) is 5.82 Å². The summed E-state index contributed by atoms with van der Waals surface area (Å²) in [7, 11) is 0. The molecule has 0 fully saturated rings. The predicted molar refractivity (Wildman–Crippen MR) is 55.7 cm³/mol. The van der Waals surface area contributed by atoms with Crippen molar-refractivity contribution >= 4 is 5.69 Å². The lowest BCUT2D eigenvalue weighted by Gasteiger charge is -2.16. The smallest absolute Gasteiger partial charge is 0.123 e. The second-order valence-electron chi connectivity index (χ2n) is 3.50. The number of nitrogens with zero attached hydrogens (tertiary/aromatic N) is 1. The molecule has 1 aromatic carbocycles. The summed E-state index contributed by atoms with van der Waals surface area (Å²) in [6.07, 6.45) is 1.82. The van der Waals surface area contributed by atoms with E-state index in [9.17, 15) is 4.39 Å². The van der Waals surface area contributed by atoms with E-state index in [-0.39, 0.29) is 11.9 Å². The highest BCUT2D eigenvalue weighted by Gasteiger charge is 2.25. The fourth-order valence-corrected chi connectivity index (χ4v) is 1.87. The maximum Gasteiger partial charge on any atom is 0.123 e. The van der Waals surface area contributed by atoms with E-state index < -0.39 is 0 Å². The van der Waals surface area contributed by atoms with Gasteiger partial charge >= 0.3 is 0 Å². The van der Waals surface area contributed by atoms with Gasteiger partial charge in [0.15, 0.2) is 0 Å². The van der Waals surface area contributed by atoms with Crippen LogP contribution in [0.1, 0.15) is 11.6 Å². The van der Waals surface area contributed by atoms with Gasteiger partial charge in [-0.25, -0.2) is 4.39 Å². The first-order valence-corrected chi connectivity index (χ1v) is 4.63. The van der Waals surface area contributed by atoms with Gasteiger partial charge in [-0.1, -0.05) is 6.08 Å². The average molecular weight is 192 g/mol. The van der Waals surface area contributed by atoms with E-state index in [1.54, 1.807) is 6.07 Å². The minimum Gasteiger partial charge on any atom is -0.366 e. The zero-order valence-electron chi connectivity index (χ0n) is 7.91. The van der Waals surface area contributed by atoms with Crippen LogP contribution in [0, 0.1) is 5.82 Å². The van der Waals surface area contributed by atoms with Crippen molar-refractivity contribution in [2.24, 2.45) is 5.73 Å². The van der Waals surface area contributed by atoms with Crippen molar-refractivity contribution in [3.8, 4) is 0 Å². The number of fused-ring (bicyclic) bond motifs is 1. The Morgan fingerprint density at radius 1 is 1.64 bits per heavy atom. The lowest BCUT2D eigenvalue weighted by atomic mass is 10.1. The molecule has 0 aliphatic carbocycles. The maximum absolute atomic E-state index is 13.0. The van der Waals surface area contributed by atoms with Crippen molar-refractivity contribution < 1.29 is 4.39 Å². The summed E-state index contributed by atoms with van der Waals surface area (Å²) in [6.45, 7) is 5.18. The summed E-state index contributed by atoms with van der Waals surface area (Å²) >= 11 is 0. The van der Waals surface area contributed by atoms with E-state index in [2.05, 4.69) is 11.5 Å². The largest absolute Gasteiger partial charge is 0.366 e. The van der Waals surface area contributed by atoms with E-state index in [0.29, 0.717) is 0 Å². The van der Waals surface area contributed by atoms with Crippen LogP contribution in [0.25, 0.3) is 0 Å². The summed E-state index contributed by atoms with van der Waals surface area (Å²) in [5.41, 5.74) is 7.82. The highest BCUT2D eigenvalue weighted by Crippen LogP contribution is 2.33. The molecule has 0 amide bonds. The molecule has 0 bridgehead atoms. The van der Waals surface area contributed by atoms with E-state index in [0.717, 1.165) is 24.3 Å². The van der Waals surface area contributed by atoms with Gasteiger partial charge in [0.05, 0.1) is 0 Å². The maximum atomic E-state index is 13.0. The lowest BCUT2D eigenvalue weighted by molar-refractivity contribution is 0.624. The minimum atomic E-state index is -0.223. The number of benzene rings is 1. The van der Waals surface area contributed by atoms with Crippen molar-refractivity contribution in [1.29, 1.82) is 0 Å². The second kappa shape index (κ2) is 3.42. The molecule has 2 nitrogen and oxygen atoms in total. The summed E-state index contributed by atoms with van der Waals surface area (Å²) < 4.78 is 13.0. The molecule has 2 rings (SSSR count). The van der Waals surface area contributed by atoms with Crippen LogP contribution in [0.2, 0.25) is 0 Å². The molecule has 74 valence electrons. The third-order valence-electron chi connectivity index (χ3n) is 2.50. The lowest BCUT2D eigenvalue weighted by Crippen LogP contribution is -2.24. The van der Waals surface area contributed by atoms with Gasteiger partial charge in [-0.3, -0.25) is 0 Å². The molecule has 1 unspecified atom stereocenters. The molecule has 1 aromatic rings. The fraction of sp³-hybridized carbons (Fsp3) is 0.273. The molecule has 1 aliphatic rings. The number of nitrogens with two attached hydrogens (primary N) is 1. The number of halogens is 1. The highest BCUT2D eigenvalue weighted by atomic mass is 19.1. The number of hydrogen-bond acceptors (Lipinski definition) is 2. The summed E-state index contributed by atoms with van der Waals surface area (Å²) in [4.78, 5) is 2.10. The van der Waals surface area contributed by atoms with Crippen molar-refractivity contribution in [2.45, 2.75) is 6.04 Å². The Morgan fingerprint density at radius 3 is 3.14 bits per heavy atom. The Hall–Kier alpha value is -1.35. The van der Waals surface area contributed by atoms with Gasteiger partial charge in [-0.2, -0.15) is 0 Å². The molecular formula is C11H13FN2. The normalized spacial score (nSPS) is 19.6. The van der Waals surface area contributed by atoms with E-state index in [4.69, 9.17) is 5.73 Å². The standard InChI is InChI=1S/C11H13FN2/c1-2-5-14-7-10(13)9-6-8(12)3-4-11(9)14/h2-4,6,10H,1,5,7,13H2. The van der Waals surface area contributed by atoms with E-state index in [1.165, 1.54) is 12.1 Å². The van der Waals surface area contributed by atoms with Crippen LogP contribution in [0.3, 0.4) is 0 Å². The predicted octanol–water partition coefficient (Wildman–Crippen LogP) is 1.83. The molecule has 2 N–H and O–H groups in total. The minimum absolute atomic E-state index is 0.0827. The second-order valence-corrected chi connectivity index (χ2v) is 3.50. The Morgan fingerprint density at radius 2 is 2.43 bits per heavy atom. The summed E-state index contributed by atoms with van der Waals surface area (Å²) in [6, 6.07) is 4.68. The quantitative estimate of drug-likeness (QED) is 0.724. The van der Waals surface area contributed by atoms with Crippen molar-refractivity contribution in [1.82, 2.24) is 0 Å². The summed E-state index contributed by atoms with van der Waals surface area (Å²) in [5, 5.41) is 0. The average Bonchev–Trinajstić information content (AvgIpc) is 2.44. The first-order chi connectivity index (χ1) is 6.72. The molecule has 3 heteroatoms. The molecule has 14 heavy (non-hydrogen) atoms. The molecule has 1 aliphatic heterocycles. The summed E-state index contributed by atoms with van der Waals surface area (Å²) in [5.74, 6) is -0.223. The van der Waals surface area contributed by atoms with Gasteiger partial charge < -0.3 is 10.6 Å². The Bertz CT molecular complexity index is 362. The third-order valence-corrected chi connectivity index (χ3v) is 2.50. The molecule has 0 aromatic heterocycles. The van der Waals surface area contributed by atoms with Crippen LogP contribution in [-0.4, -0.2) is 13.1 Å². The Kier molecular flexibility index (Phi) is 2.25. The van der Waals surface area contributed by atoms with Gasteiger partial charge in [-0.15, -0.1) is 6.58 Å². The van der Waals surface area contributed by atoms with Crippen molar-refractivity contribution in [2.75, 3.05) is 18.0 Å². The molecular weight excluding hydrogens is 179 g/mol. The topological polar surface area (TPSA) is 29.3 Å². The van der Waals surface area contributed by atoms with Crippen LogP contribution in [0.4, 0.5) is 10.1 Å². The zero-order chi connectivity index (χ0) is 10.1. The van der Waals surface area contributed by atoms with Crippen LogP contribution < -0.4 is 10.6 Å². The molecule has 1 atom stereocenters. The van der Waals surface area contributed by atoms with Gasteiger partial charge in [0.25, 0.3) is 0 Å². The van der Waals surface area contributed by atoms with E-state index in [1.807, 2.05) is 6.08 Å². The first kappa shape index (κ1) is 9.21.